The summed E-state index contributed by atoms with van der Waals surface area (Å²) in [5, 5.41) is 20.7. The molecule has 0 aromatic heterocycles. The van der Waals surface area contributed by atoms with Crippen LogP contribution < -0.4 is 9.47 Å². The van der Waals surface area contributed by atoms with E-state index >= 15 is 0 Å². The van der Waals surface area contributed by atoms with Gasteiger partial charge in [0.05, 0.1) is 0 Å². The summed E-state index contributed by atoms with van der Waals surface area (Å²) >= 11 is 0. The van der Waals surface area contributed by atoms with Gasteiger partial charge in [0, 0.05) is 17.4 Å². The SMILES string of the molecule is Oc1ccc(Oc2ccc(O)c(C(c3ccc(-c4ccccc4)cc3)C3C=CC(Oc4ccccc4)=C3)c2)cc1. The van der Waals surface area contributed by atoms with Crippen LogP contribution in [0.3, 0.4) is 0 Å². The molecule has 1 aliphatic rings. The van der Waals surface area contributed by atoms with Crippen LogP contribution in [0.4, 0.5) is 0 Å². The Balaban J connectivity index is 1.36. The van der Waals surface area contributed by atoms with Gasteiger partial charge >= 0.3 is 0 Å². The third kappa shape index (κ3) is 5.62. The van der Waals surface area contributed by atoms with Gasteiger partial charge in [-0.25, -0.2) is 0 Å². The number of aromatic hydroxyl groups is 2. The first-order chi connectivity index (χ1) is 19.6. The maximum absolute atomic E-state index is 11.1. The van der Waals surface area contributed by atoms with Crippen LogP contribution in [-0.2, 0) is 0 Å². The fourth-order valence-corrected chi connectivity index (χ4v) is 5.02. The summed E-state index contributed by atoms with van der Waals surface area (Å²) in [4.78, 5) is 0. The molecule has 40 heavy (non-hydrogen) atoms. The molecule has 0 bridgehead atoms. The summed E-state index contributed by atoms with van der Waals surface area (Å²) in [5.41, 5.74) is 4.08. The Labute approximate surface area is 233 Å². The third-order valence-electron chi connectivity index (χ3n) is 6.99. The van der Waals surface area contributed by atoms with Crippen LogP contribution in [-0.4, -0.2) is 10.2 Å². The molecule has 0 radical (unpaired) electrons. The fourth-order valence-electron chi connectivity index (χ4n) is 5.02. The standard InChI is InChI=1S/C36H28O4/c37-29-16-19-31(20-17-29)40-33-21-22-35(38)34(24-33)36(27-13-11-26(12-14-27)25-7-3-1-4-8-25)28-15-18-32(23-28)39-30-9-5-2-6-10-30/h1-24,28,36-38H. The van der Waals surface area contributed by atoms with Crippen molar-refractivity contribution in [3.8, 4) is 39.9 Å². The maximum atomic E-state index is 11.1. The number of hydrogen-bond donors (Lipinski definition) is 2. The first-order valence-corrected chi connectivity index (χ1v) is 13.2. The quantitative estimate of drug-likeness (QED) is 0.213. The van der Waals surface area contributed by atoms with Crippen molar-refractivity contribution in [2.45, 2.75) is 5.92 Å². The van der Waals surface area contributed by atoms with E-state index in [1.54, 1.807) is 36.4 Å². The van der Waals surface area contributed by atoms with Gasteiger partial charge in [-0.3, -0.25) is 0 Å². The van der Waals surface area contributed by atoms with Crippen LogP contribution in [0.5, 0.6) is 28.7 Å². The molecule has 5 aromatic carbocycles. The molecule has 1 aliphatic carbocycles. The second-order valence-electron chi connectivity index (χ2n) is 9.70. The molecule has 5 aromatic rings. The van der Waals surface area contributed by atoms with Crippen LogP contribution in [0.2, 0.25) is 0 Å². The van der Waals surface area contributed by atoms with E-state index < -0.39 is 0 Å². The van der Waals surface area contributed by atoms with Crippen LogP contribution in [0.25, 0.3) is 11.1 Å². The summed E-state index contributed by atoms with van der Waals surface area (Å²) in [6, 6.07) is 40.3. The minimum Gasteiger partial charge on any atom is -0.508 e. The number of ether oxygens (including phenoxy) is 2. The molecule has 2 N–H and O–H groups in total. The van der Waals surface area contributed by atoms with Gasteiger partial charge in [-0.05, 0) is 83.4 Å². The molecule has 6 rings (SSSR count). The monoisotopic (exact) mass is 524 g/mol. The Morgan fingerprint density at radius 1 is 0.575 bits per heavy atom. The Bertz CT molecular complexity index is 1640. The predicted molar refractivity (Wildman–Crippen MR) is 158 cm³/mol. The zero-order valence-electron chi connectivity index (χ0n) is 21.7. The van der Waals surface area contributed by atoms with Gasteiger partial charge in [0.2, 0.25) is 0 Å². The van der Waals surface area contributed by atoms with Crippen LogP contribution >= 0.6 is 0 Å². The molecule has 4 heteroatoms. The van der Waals surface area contributed by atoms with Crippen molar-refractivity contribution in [1.82, 2.24) is 0 Å². The molecule has 2 atom stereocenters. The number of hydrogen-bond acceptors (Lipinski definition) is 4. The third-order valence-corrected chi connectivity index (χ3v) is 6.99. The maximum Gasteiger partial charge on any atom is 0.127 e. The molecule has 0 heterocycles. The first kappa shape index (κ1) is 25.1. The molecule has 0 fully saturated rings. The number of rotatable bonds is 8. The van der Waals surface area contributed by atoms with Gasteiger partial charge in [-0.15, -0.1) is 0 Å². The van der Waals surface area contributed by atoms with Gasteiger partial charge < -0.3 is 19.7 Å². The van der Waals surface area contributed by atoms with Crippen molar-refractivity contribution >= 4 is 0 Å². The lowest BCUT2D eigenvalue weighted by Crippen LogP contribution is -2.10. The van der Waals surface area contributed by atoms with Crippen LogP contribution in [0, 0.1) is 5.92 Å². The van der Waals surface area contributed by atoms with Gasteiger partial charge in [0.1, 0.15) is 34.5 Å². The minimum absolute atomic E-state index is 0.0592. The van der Waals surface area contributed by atoms with Gasteiger partial charge in [-0.1, -0.05) is 78.9 Å². The van der Waals surface area contributed by atoms with Gasteiger partial charge in [-0.2, -0.15) is 0 Å². The van der Waals surface area contributed by atoms with Crippen molar-refractivity contribution < 1.29 is 19.7 Å². The lowest BCUT2D eigenvalue weighted by atomic mass is 9.80. The topological polar surface area (TPSA) is 58.9 Å². The van der Waals surface area contributed by atoms with Crippen molar-refractivity contribution in [3.63, 3.8) is 0 Å². The van der Waals surface area contributed by atoms with E-state index in [4.69, 9.17) is 9.47 Å². The van der Waals surface area contributed by atoms with Crippen molar-refractivity contribution in [3.05, 3.63) is 163 Å². The number of para-hydroxylation sites is 1. The predicted octanol–water partition coefficient (Wildman–Crippen LogP) is 8.84. The Hall–Kier alpha value is -5.22. The van der Waals surface area contributed by atoms with E-state index in [0.29, 0.717) is 11.5 Å². The number of phenolic OH excluding ortho intramolecular Hbond substituents is 2. The van der Waals surface area contributed by atoms with Crippen molar-refractivity contribution in [2.24, 2.45) is 5.92 Å². The molecular formula is C36H28O4. The van der Waals surface area contributed by atoms with E-state index in [1.807, 2.05) is 60.7 Å². The van der Waals surface area contributed by atoms with E-state index in [1.165, 1.54) is 0 Å². The molecule has 2 unspecified atom stereocenters. The number of allylic oxidation sites excluding steroid dienone is 3. The Morgan fingerprint density at radius 2 is 1.20 bits per heavy atom. The molecule has 4 nitrogen and oxygen atoms in total. The molecule has 0 spiro atoms. The lowest BCUT2D eigenvalue weighted by Gasteiger charge is -2.24. The summed E-state index contributed by atoms with van der Waals surface area (Å²) in [5.74, 6) is 2.83. The minimum atomic E-state index is -0.193. The Kier molecular flexibility index (Phi) is 7.06. The Morgan fingerprint density at radius 3 is 1.93 bits per heavy atom. The van der Waals surface area contributed by atoms with E-state index in [-0.39, 0.29) is 23.3 Å². The number of benzene rings is 5. The summed E-state index contributed by atoms with van der Waals surface area (Å²) < 4.78 is 12.2. The molecule has 0 saturated heterocycles. The van der Waals surface area contributed by atoms with E-state index in [9.17, 15) is 10.2 Å². The zero-order chi connectivity index (χ0) is 27.3. The normalized spacial score (nSPS) is 14.9. The second-order valence-corrected chi connectivity index (χ2v) is 9.70. The second kappa shape index (κ2) is 11.3. The van der Waals surface area contributed by atoms with Crippen molar-refractivity contribution in [1.29, 1.82) is 0 Å². The highest BCUT2D eigenvalue weighted by atomic mass is 16.5. The molecular weight excluding hydrogens is 496 g/mol. The zero-order valence-corrected chi connectivity index (χ0v) is 21.7. The van der Waals surface area contributed by atoms with E-state index in [2.05, 4.69) is 48.6 Å². The largest absolute Gasteiger partial charge is 0.508 e. The molecule has 0 saturated carbocycles. The van der Waals surface area contributed by atoms with E-state index in [0.717, 1.165) is 33.8 Å². The van der Waals surface area contributed by atoms with Crippen LogP contribution in [0.1, 0.15) is 17.0 Å². The summed E-state index contributed by atoms with van der Waals surface area (Å²) in [7, 11) is 0. The van der Waals surface area contributed by atoms with Crippen LogP contribution in [0.15, 0.2) is 151 Å². The van der Waals surface area contributed by atoms with Gasteiger partial charge in [0.25, 0.3) is 0 Å². The van der Waals surface area contributed by atoms with Gasteiger partial charge in [0.15, 0.2) is 0 Å². The fraction of sp³-hybridized carbons (Fsp3) is 0.0556. The average molecular weight is 525 g/mol. The van der Waals surface area contributed by atoms with Crippen molar-refractivity contribution in [2.75, 3.05) is 0 Å². The summed E-state index contributed by atoms with van der Waals surface area (Å²) in [6.45, 7) is 0. The summed E-state index contributed by atoms with van der Waals surface area (Å²) in [6.07, 6.45) is 6.19. The molecule has 0 aliphatic heterocycles. The first-order valence-electron chi connectivity index (χ1n) is 13.2. The highest BCUT2D eigenvalue weighted by molar-refractivity contribution is 5.64. The lowest BCUT2D eigenvalue weighted by molar-refractivity contribution is 0.439. The molecule has 0 amide bonds. The average Bonchev–Trinajstić information content (AvgIpc) is 3.45. The highest BCUT2D eigenvalue weighted by Crippen LogP contribution is 2.43. The number of phenols is 2. The smallest absolute Gasteiger partial charge is 0.127 e. The highest BCUT2D eigenvalue weighted by Gasteiger charge is 2.28. The molecule has 196 valence electrons.